The molecule has 2 atom stereocenters. The van der Waals surface area contributed by atoms with Crippen LogP contribution in [-0.4, -0.2) is 45.7 Å². The summed E-state index contributed by atoms with van der Waals surface area (Å²) in [6, 6.07) is 10.5. The molecule has 0 radical (unpaired) electrons. The summed E-state index contributed by atoms with van der Waals surface area (Å²) in [6.45, 7) is 0.733. The Morgan fingerprint density at radius 2 is 1.93 bits per heavy atom. The van der Waals surface area contributed by atoms with E-state index in [0.717, 1.165) is 11.8 Å². The topological polar surface area (TPSA) is 62.7 Å². The van der Waals surface area contributed by atoms with E-state index in [1.807, 2.05) is 30.3 Å². The monoisotopic (exact) mass is 388 g/mol. The molecule has 5 nitrogen and oxygen atoms in total. The fourth-order valence-electron chi connectivity index (χ4n) is 4.19. The normalized spacial score (nSPS) is 24.3. The van der Waals surface area contributed by atoms with E-state index in [-0.39, 0.29) is 11.8 Å². The smallest absolute Gasteiger partial charge is 0.275 e. The highest BCUT2D eigenvalue weighted by atomic mass is 19.1. The highest BCUT2D eigenvalue weighted by molar-refractivity contribution is 5.92. The molecule has 1 aromatic heterocycles. The summed E-state index contributed by atoms with van der Waals surface area (Å²) in [6.07, 6.45) is 2.32. The number of rotatable bonds is 2. The highest BCUT2D eigenvalue weighted by Gasteiger charge is 2.44. The lowest BCUT2D eigenvalue weighted by Crippen LogP contribution is -2.52. The maximum Gasteiger partial charge on any atom is 0.275 e. The first-order valence-electron chi connectivity index (χ1n) is 9.47. The molecular formula is C21H22F2N2O3. The summed E-state index contributed by atoms with van der Waals surface area (Å²) in [5.74, 6) is -2.33. The van der Waals surface area contributed by atoms with Crippen LogP contribution in [0, 0.1) is 11.6 Å². The lowest BCUT2D eigenvalue weighted by Gasteiger charge is -2.48. The highest BCUT2D eigenvalue weighted by Crippen LogP contribution is 2.43. The van der Waals surface area contributed by atoms with Crippen LogP contribution in [0.25, 0.3) is 0 Å². The number of hydrogen-bond acceptors (Lipinski definition) is 4. The van der Waals surface area contributed by atoms with Gasteiger partial charge in [0.05, 0.1) is 24.0 Å². The molecule has 28 heavy (non-hydrogen) atoms. The summed E-state index contributed by atoms with van der Waals surface area (Å²) in [7, 11) is 0. The SMILES string of the molecule is O=C(c1ncc(F)cc1F)N1CCC2(CC1)C[C@@H](O)C[C@H](c1ccccc1)O2. The van der Waals surface area contributed by atoms with Crippen LogP contribution >= 0.6 is 0 Å². The Labute approximate surface area is 162 Å². The molecule has 0 saturated carbocycles. The molecule has 1 aromatic carbocycles. The van der Waals surface area contributed by atoms with Crippen molar-refractivity contribution in [1.29, 1.82) is 0 Å². The third-order valence-corrected chi connectivity index (χ3v) is 5.63. The Balaban J connectivity index is 1.45. The number of nitrogens with zero attached hydrogens (tertiary/aromatic N) is 2. The average molecular weight is 388 g/mol. The van der Waals surface area contributed by atoms with Gasteiger partial charge in [-0.3, -0.25) is 4.79 Å². The lowest BCUT2D eigenvalue weighted by atomic mass is 9.81. The van der Waals surface area contributed by atoms with Crippen LogP contribution in [0.2, 0.25) is 0 Å². The average Bonchev–Trinajstić information content (AvgIpc) is 2.68. The molecule has 7 heteroatoms. The van der Waals surface area contributed by atoms with Gasteiger partial charge >= 0.3 is 0 Å². The third kappa shape index (κ3) is 3.77. The predicted molar refractivity (Wildman–Crippen MR) is 97.5 cm³/mol. The number of halogens is 2. The van der Waals surface area contributed by atoms with E-state index in [1.54, 1.807) is 0 Å². The summed E-state index contributed by atoms with van der Waals surface area (Å²) in [5, 5.41) is 10.4. The molecule has 1 spiro atoms. The number of piperidine rings is 1. The predicted octanol–water partition coefficient (Wildman–Crippen LogP) is 3.25. The minimum Gasteiger partial charge on any atom is -0.393 e. The maximum absolute atomic E-state index is 13.9. The zero-order chi connectivity index (χ0) is 19.7. The Morgan fingerprint density at radius 3 is 2.61 bits per heavy atom. The van der Waals surface area contributed by atoms with Gasteiger partial charge < -0.3 is 14.7 Å². The van der Waals surface area contributed by atoms with E-state index < -0.39 is 29.2 Å². The van der Waals surface area contributed by atoms with Crippen molar-refractivity contribution in [2.75, 3.05) is 13.1 Å². The molecule has 1 amide bonds. The number of aromatic nitrogens is 1. The minimum atomic E-state index is -0.959. The number of pyridine rings is 1. The van der Waals surface area contributed by atoms with Crippen LogP contribution < -0.4 is 0 Å². The first-order valence-corrected chi connectivity index (χ1v) is 9.47. The van der Waals surface area contributed by atoms with Crippen molar-refractivity contribution in [3.63, 3.8) is 0 Å². The van der Waals surface area contributed by atoms with Gasteiger partial charge in [0.2, 0.25) is 0 Å². The lowest BCUT2D eigenvalue weighted by molar-refractivity contribution is -0.181. The van der Waals surface area contributed by atoms with E-state index in [9.17, 15) is 18.7 Å². The number of likely N-dealkylation sites (tertiary alicyclic amines) is 1. The molecule has 2 aliphatic heterocycles. The fraction of sp³-hybridized carbons (Fsp3) is 0.429. The summed E-state index contributed by atoms with van der Waals surface area (Å²) < 4.78 is 33.3. The van der Waals surface area contributed by atoms with Crippen molar-refractivity contribution < 1.29 is 23.4 Å². The van der Waals surface area contributed by atoms with Gasteiger partial charge in [-0.05, 0) is 18.4 Å². The van der Waals surface area contributed by atoms with Crippen molar-refractivity contribution in [3.05, 3.63) is 65.5 Å². The maximum atomic E-state index is 13.9. The Bertz CT molecular complexity index is 854. The molecule has 4 rings (SSSR count). The van der Waals surface area contributed by atoms with E-state index in [0.29, 0.717) is 44.8 Å². The molecule has 0 unspecified atom stereocenters. The van der Waals surface area contributed by atoms with Crippen molar-refractivity contribution in [3.8, 4) is 0 Å². The minimum absolute atomic E-state index is 0.191. The van der Waals surface area contributed by atoms with E-state index in [2.05, 4.69) is 4.98 Å². The Morgan fingerprint density at radius 1 is 1.21 bits per heavy atom. The van der Waals surface area contributed by atoms with Gasteiger partial charge in [0.1, 0.15) is 5.82 Å². The number of benzene rings is 1. The van der Waals surface area contributed by atoms with Gasteiger partial charge in [0.25, 0.3) is 5.91 Å². The van der Waals surface area contributed by atoms with Crippen LogP contribution in [0.15, 0.2) is 42.6 Å². The quantitative estimate of drug-likeness (QED) is 0.858. The van der Waals surface area contributed by atoms with Crippen LogP contribution in [0.3, 0.4) is 0 Å². The second-order valence-electron chi connectivity index (χ2n) is 7.57. The van der Waals surface area contributed by atoms with E-state index in [4.69, 9.17) is 4.74 Å². The van der Waals surface area contributed by atoms with Crippen molar-refractivity contribution in [2.24, 2.45) is 0 Å². The van der Waals surface area contributed by atoms with Gasteiger partial charge in [-0.25, -0.2) is 13.8 Å². The molecule has 3 heterocycles. The number of carbonyl (C=O) groups excluding carboxylic acids is 1. The summed E-state index contributed by atoms with van der Waals surface area (Å²) in [4.78, 5) is 17.7. The van der Waals surface area contributed by atoms with Crippen LogP contribution in [0.4, 0.5) is 8.78 Å². The van der Waals surface area contributed by atoms with Crippen molar-refractivity contribution >= 4 is 5.91 Å². The van der Waals surface area contributed by atoms with Crippen LogP contribution in [-0.2, 0) is 4.74 Å². The zero-order valence-corrected chi connectivity index (χ0v) is 15.4. The van der Waals surface area contributed by atoms with Crippen LogP contribution in [0.1, 0.15) is 47.8 Å². The molecule has 2 fully saturated rings. The molecular weight excluding hydrogens is 366 g/mol. The Hall–Kier alpha value is -2.38. The molecule has 0 aliphatic carbocycles. The molecule has 2 aliphatic rings. The number of amides is 1. The van der Waals surface area contributed by atoms with Gasteiger partial charge in [-0.2, -0.15) is 0 Å². The fourth-order valence-corrected chi connectivity index (χ4v) is 4.19. The number of hydrogen-bond donors (Lipinski definition) is 1. The standard InChI is InChI=1S/C21H22F2N2O3/c22-15-10-17(23)19(24-13-15)20(27)25-8-6-21(7-9-25)12-16(26)11-18(28-21)14-4-2-1-3-5-14/h1-5,10,13,16,18,26H,6-9,11-12H2/t16-,18+/m0/s1. The number of aliphatic hydroxyl groups is 1. The second kappa shape index (κ2) is 7.56. The van der Waals surface area contributed by atoms with Crippen LogP contribution in [0.5, 0.6) is 0 Å². The summed E-state index contributed by atoms with van der Waals surface area (Å²) >= 11 is 0. The van der Waals surface area contributed by atoms with Gasteiger partial charge in [0, 0.05) is 32.0 Å². The zero-order valence-electron chi connectivity index (χ0n) is 15.4. The van der Waals surface area contributed by atoms with Crippen molar-refractivity contribution in [2.45, 2.75) is 43.5 Å². The largest absolute Gasteiger partial charge is 0.393 e. The number of aliphatic hydroxyl groups excluding tert-OH is 1. The molecule has 148 valence electrons. The van der Waals surface area contributed by atoms with E-state index in [1.165, 1.54) is 4.90 Å². The number of ether oxygens (including phenoxy) is 1. The summed E-state index contributed by atoms with van der Waals surface area (Å²) in [5.41, 5.74) is 0.143. The second-order valence-corrected chi connectivity index (χ2v) is 7.57. The Kier molecular flexibility index (Phi) is 5.12. The van der Waals surface area contributed by atoms with Gasteiger partial charge in [0.15, 0.2) is 11.5 Å². The van der Waals surface area contributed by atoms with Gasteiger partial charge in [-0.1, -0.05) is 30.3 Å². The van der Waals surface area contributed by atoms with Gasteiger partial charge in [-0.15, -0.1) is 0 Å². The third-order valence-electron chi connectivity index (χ3n) is 5.63. The first kappa shape index (κ1) is 19.0. The van der Waals surface area contributed by atoms with Crippen molar-refractivity contribution in [1.82, 2.24) is 9.88 Å². The molecule has 2 aromatic rings. The molecule has 1 N–H and O–H groups in total. The molecule has 0 bridgehead atoms. The number of carbonyl (C=O) groups is 1. The molecule has 2 saturated heterocycles. The first-order chi connectivity index (χ1) is 13.5. The van der Waals surface area contributed by atoms with E-state index >= 15 is 0 Å².